The van der Waals surface area contributed by atoms with Crippen LogP contribution in [0, 0.1) is 6.92 Å². The largest absolute Gasteiger partial charge is 0.361 e. The van der Waals surface area contributed by atoms with Gasteiger partial charge in [-0.3, -0.25) is 9.36 Å². The van der Waals surface area contributed by atoms with Gasteiger partial charge in [-0.15, -0.1) is 10.2 Å². The van der Waals surface area contributed by atoms with Gasteiger partial charge in [-0.2, -0.15) is 0 Å². The van der Waals surface area contributed by atoms with Crippen molar-refractivity contribution in [1.29, 1.82) is 0 Å². The average molecular weight is 270 g/mol. The maximum atomic E-state index is 11.9. The molecule has 0 unspecified atom stereocenters. The van der Waals surface area contributed by atoms with Crippen molar-refractivity contribution in [2.75, 3.05) is 5.32 Å². The minimum absolute atomic E-state index is 0.227. The van der Waals surface area contributed by atoms with Gasteiger partial charge in [-0.1, -0.05) is 5.16 Å². The Balaban J connectivity index is 1.74. The van der Waals surface area contributed by atoms with E-state index < -0.39 is 0 Å². The summed E-state index contributed by atoms with van der Waals surface area (Å²) in [7, 11) is 0. The summed E-state index contributed by atoms with van der Waals surface area (Å²) >= 11 is 0. The summed E-state index contributed by atoms with van der Waals surface area (Å²) in [4.78, 5) is 16.1. The second-order valence-electron chi connectivity index (χ2n) is 4.05. The lowest BCUT2D eigenvalue weighted by Crippen LogP contribution is -2.12. The summed E-state index contributed by atoms with van der Waals surface area (Å²) in [6.45, 7) is 1.72. The molecule has 3 rings (SSSR count). The molecule has 0 saturated carbocycles. The van der Waals surface area contributed by atoms with E-state index in [4.69, 9.17) is 4.52 Å². The smallest absolute Gasteiger partial charge is 0.277 e. The maximum absolute atomic E-state index is 11.9. The first-order chi connectivity index (χ1) is 9.72. The summed E-state index contributed by atoms with van der Waals surface area (Å²) in [5, 5.41) is 13.7. The van der Waals surface area contributed by atoms with E-state index in [1.807, 2.05) is 0 Å². The first-order valence-corrected chi connectivity index (χ1v) is 5.78. The summed E-state index contributed by atoms with van der Waals surface area (Å²) in [5.41, 5.74) is 0.790. The monoisotopic (exact) mass is 270 g/mol. The third kappa shape index (κ3) is 2.39. The van der Waals surface area contributed by atoms with E-state index in [2.05, 4.69) is 25.7 Å². The SMILES string of the molecule is Cc1cc(C(=O)Nc2ccc(-n3cnnc3)nc2)no1. The first-order valence-electron chi connectivity index (χ1n) is 5.78. The van der Waals surface area contributed by atoms with Crippen LogP contribution in [0.1, 0.15) is 16.2 Å². The van der Waals surface area contributed by atoms with E-state index in [1.54, 1.807) is 48.5 Å². The highest BCUT2D eigenvalue weighted by molar-refractivity contribution is 6.02. The zero-order chi connectivity index (χ0) is 13.9. The number of carbonyl (C=O) groups excluding carboxylic acids is 1. The van der Waals surface area contributed by atoms with E-state index in [1.165, 1.54) is 0 Å². The van der Waals surface area contributed by atoms with E-state index in [0.717, 1.165) is 0 Å². The van der Waals surface area contributed by atoms with Crippen LogP contribution < -0.4 is 5.32 Å². The molecule has 3 aromatic rings. The molecule has 0 fully saturated rings. The van der Waals surface area contributed by atoms with Gasteiger partial charge in [0.1, 0.15) is 24.2 Å². The molecule has 20 heavy (non-hydrogen) atoms. The van der Waals surface area contributed by atoms with Crippen LogP contribution in [0.5, 0.6) is 0 Å². The van der Waals surface area contributed by atoms with Crippen LogP contribution in [0.4, 0.5) is 5.69 Å². The van der Waals surface area contributed by atoms with Gasteiger partial charge in [0.15, 0.2) is 5.69 Å². The molecule has 0 aliphatic heterocycles. The van der Waals surface area contributed by atoms with Crippen LogP contribution >= 0.6 is 0 Å². The average Bonchev–Trinajstić information content (AvgIpc) is 3.10. The molecule has 3 aromatic heterocycles. The lowest BCUT2D eigenvalue weighted by molar-refractivity contribution is 0.101. The Morgan fingerprint density at radius 3 is 2.70 bits per heavy atom. The van der Waals surface area contributed by atoms with E-state index >= 15 is 0 Å². The van der Waals surface area contributed by atoms with Gasteiger partial charge in [-0.25, -0.2) is 4.98 Å². The minimum Gasteiger partial charge on any atom is -0.361 e. The number of nitrogens with one attached hydrogen (secondary N) is 1. The van der Waals surface area contributed by atoms with Crippen molar-refractivity contribution >= 4 is 11.6 Å². The molecule has 0 bridgehead atoms. The van der Waals surface area contributed by atoms with Crippen LogP contribution in [-0.4, -0.2) is 30.8 Å². The fraction of sp³-hybridized carbons (Fsp3) is 0.0833. The predicted octanol–water partition coefficient (Wildman–Crippen LogP) is 1.21. The Morgan fingerprint density at radius 2 is 2.10 bits per heavy atom. The Labute approximate surface area is 113 Å². The van der Waals surface area contributed by atoms with E-state index in [0.29, 0.717) is 17.3 Å². The van der Waals surface area contributed by atoms with E-state index in [-0.39, 0.29) is 11.6 Å². The number of aryl methyl sites for hydroxylation is 1. The van der Waals surface area contributed by atoms with Gasteiger partial charge >= 0.3 is 0 Å². The maximum Gasteiger partial charge on any atom is 0.277 e. The molecular formula is C12H10N6O2. The molecule has 100 valence electrons. The van der Waals surface area contributed by atoms with Crippen LogP contribution in [0.25, 0.3) is 5.82 Å². The van der Waals surface area contributed by atoms with Crippen LogP contribution in [-0.2, 0) is 0 Å². The lowest BCUT2D eigenvalue weighted by atomic mass is 10.3. The van der Waals surface area contributed by atoms with Crippen LogP contribution in [0.3, 0.4) is 0 Å². The van der Waals surface area contributed by atoms with Crippen molar-refractivity contribution in [1.82, 2.24) is 24.9 Å². The van der Waals surface area contributed by atoms with Crippen molar-refractivity contribution in [2.24, 2.45) is 0 Å². The molecule has 0 atom stereocenters. The Morgan fingerprint density at radius 1 is 1.30 bits per heavy atom. The summed E-state index contributed by atoms with van der Waals surface area (Å²) in [6, 6.07) is 5.04. The van der Waals surface area contributed by atoms with Gasteiger partial charge < -0.3 is 9.84 Å². The molecular weight excluding hydrogens is 260 g/mol. The van der Waals surface area contributed by atoms with Crippen molar-refractivity contribution in [3.05, 3.63) is 48.5 Å². The van der Waals surface area contributed by atoms with Crippen LogP contribution in [0.15, 0.2) is 41.6 Å². The van der Waals surface area contributed by atoms with Gasteiger partial charge in [0.05, 0.1) is 11.9 Å². The summed E-state index contributed by atoms with van der Waals surface area (Å²) < 4.78 is 6.51. The third-order valence-corrected chi connectivity index (χ3v) is 2.55. The highest BCUT2D eigenvalue weighted by Gasteiger charge is 2.11. The molecule has 0 aliphatic rings. The van der Waals surface area contributed by atoms with Crippen molar-refractivity contribution in [3.63, 3.8) is 0 Å². The molecule has 1 amide bonds. The molecule has 0 saturated heterocycles. The fourth-order valence-electron chi connectivity index (χ4n) is 1.60. The number of anilines is 1. The topological polar surface area (TPSA) is 98.7 Å². The van der Waals surface area contributed by atoms with Gasteiger partial charge in [-0.05, 0) is 19.1 Å². The number of rotatable bonds is 3. The predicted molar refractivity (Wildman–Crippen MR) is 68.3 cm³/mol. The number of aromatic nitrogens is 5. The Kier molecular flexibility index (Phi) is 2.96. The molecule has 8 nitrogen and oxygen atoms in total. The zero-order valence-electron chi connectivity index (χ0n) is 10.5. The molecule has 0 spiro atoms. The molecule has 8 heteroatoms. The molecule has 0 aromatic carbocycles. The number of carbonyl (C=O) groups is 1. The second-order valence-corrected chi connectivity index (χ2v) is 4.05. The number of nitrogens with zero attached hydrogens (tertiary/aromatic N) is 5. The second kappa shape index (κ2) is 4.92. The third-order valence-electron chi connectivity index (χ3n) is 2.55. The lowest BCUT2D eigenvalue weighted by Gasteiger charge is -2.04. The normalized spacial score (nSPS) is 10.4. The summed E-state index contributed by atoms with van der Waals surface area (Å²) in [6.07, 6.45) is 4.62. The van der Waals surface area contributed by atoms with E-state index in [9.17, 15) is 4.79 Å². The number of hydrogen-bond donors (Lipinski definition) is 1. The highest BCUT2D eigenvalue weighted by Crippen LogP contribution is 2.11. The molecule has 3 heterocycles. The van der Waals surface area contributed by atoms with Crippen molar-refractivity contribution < 1.29 is 9.32 Å². The van der Waals surface area contributed by atoms with Crippen LogP contribution in [0.2, 0.25) is 0 Å². The van der Waals surface area contributed by atoms with Crippen molar-refractivity contribution in [3.8, 4) is 5.82 Å². The van der Waals surface area contributed by atoms with Gasteiger partial charge in [0.25, 0.3) is 5.91 Å². The number of amides is 1. The number of hydrogen-bond acceptors (Lipinski definition) is 6. The molecule has 0 radical (unpaired) electrons. The molecule has 0 aliphatic carbocycles. The summed E-state index contributed by atoms with van der Waals surface area (Å²) in [5.74, 6) is 0.891. The zero-order valence-corrected chi connectivity index (χ0v) is 10.5. The Hall–Kier alpha value is -3.03. The minimum atomic E-state index is -0.347. The fourth-order valence-corrected chi connectivity index (χ4v) is 1.60. The molecule has 1 N–H and O–H groups in total. The van der Waals surface area contributed by atoms with Crippen molar-refractivity contribution in [2.45, 2.75) is 6.92 Å². The Bertz CT molecular complexity index is 717. The highest BCUT2D eigenvalue weighted by atomic mass is 16.5. The van der Waals surface area contributed by atoms with Gasteiger partial charge in [0.2, 0.25) is 0 Å². The number of pyridine rings is 1. The standard InChI is InChI=1S/C12H10N6O2/c1-8-4-10(17-20-8)12(19)16-9-2-3-11(13-5-9)18-6-14-15-7-18/h2-7H,1H3,(H,16,19). The first kappa shape index (κ1) is 12.0. The quantitative estimate of drug-likeness (QED) is 0.768. The van der Waals surface area contributed by atoms with Gasteiger partial charge in [0, 0.05) is 6.07 Å².